The number of esters is 1. The quantitative estimate of drug-likeness (QED) is 0.691. The molecule has 1 aromatic rings. The number of rotatable bonds is 2. The summed E-state index contributed by atoms with van der Waals surface area (Å²) in [5.41, 5.74) is 0.315. The van der Waals surface area contributed by atoms with E-state index in [2.05, 4.69) is 24.0 Å². The van der Waals surface area contributed by atoms with E-state index >= 15 is 0 Å². The van der Waals surface area contributed by atoms with E-state index in [0.29, 0.717) is 31.0 Å². The predicted molar refractivity (Wildman–Crippen MR) is 93.2 cm³/mol. The molecule has 0 spiro atoms. The van der Waals surface area contributed by atoms with E-state index in [1.54, 1.807) is 4.57 Å². The molecule has 1 aliphatic heterocycles. The van der Waals surface area contributed by atoms with Gasteiger partial charge in [-0.3, -0.25) is 4.57 Å². The van der Waals surface area contributed by atoms with Crippen molar-refractivity contribution in [2.75, 3.05) is 0 Å². The van der Waals surface area contributed by atoms with Crippen molar-refractivity contribution in [2.24, 2.45) is 16.7 Å². The number of hydrogen-bond acceptors (Lipinski definition) is 4. The number of carbonyl (C=O) groups excluding carboxylic acids is 1. The maximum atomic E-state index is 12.8. The van der Waals surface area contributed by atoms with E-state index in [9.17, 15) is 18.0 Å². The van der Waals surface area contributed by atoms with Crippen molar-refractivity contribution in [3.05, 3.63) is 11.6 Å². The summed E-state index contributed by atoms with van der Waals surface area (Å²) in [5, 5.41) is 8.83. The minimum absolute atomic E-state index is 0.172. The smallest absolute Gasteiger partial charge is 0.434 e. The molecule has 4 fully saturated rings. The van der Waals surface area contributed by atoms with Crippen LogP contribution in [0.5, 0.6) is 0 Å². The van der Waals surface area contributed by atoms with Gasteiger partial charge in [0, 0.05) is 18.3 Å². The summed E-state index contributed by atoms with van der Waals surface area (Å²) in [7, 11) is 0. The van der Waals surface area contributed by atoms with Gasteiger partial charge in [0.25, 0.3) is 0 Å². The Morgan fingerprint density at radius 1 is 1.11 bits per heavy atom. The minimum Gasteiger partial charge on any atom is -0.434 e. The van der Waals surface area contributed by atoms with Crippen LogP contribution in [-0.4, -0.2) is 26.9 Å². The van der Waals surface area contributed by atoms with Gasteiger partial charge in [0.05, 0.1) is 0 Å². The van der Waals surface area contributed by atoms with Crippen LogP contribution in [0.3, 0.4) is 0 Å². The van der Waals surface area contributed by atoms with E-state index < -0.39 is 18.4 Å². The molecular weight excluding hydrogens is 371 g/mol. The highest BCUT2D eigenvalue weighted by Gasteiger charge is 2.62. The molecule has 0 amide bonds. The molecule has 0 radical (unpaired) electrons. The highest BCUT2D eigenvalue weighted by atomic mass is 19.4. The number of aromatic nitrogens is 3. The molecule has 4 aliphatic carbocycles. The largest absolute Gasteiger partial charge is 0.491 e. The maximum absolute atomic E-state index is 12.8. The Balaban J connectivity index is 1.55. The van der Waals surface area contributed by atoms with E-state index in [1.165, 1.54) is 19.3 Å². The molecule has 2 heterocycles. The molecule has 0 saturated heterocycles. The van der Waals surface area contributed by atoms with Gasteiger partial charge in [-0.25, -0.2) is 4.79 Å². The van der Waals surface area contributed by atoms with Crippen molar-refractivity contribution in [3.8, 4) is 0 Å². The summed E-state index contributed by atoms with van der Waals surface area (Å²) in [6.07, 6.45) is 2.34. The summed E-state index contributed by atoms with van der Waals surface area (Å²) < 4.78 is 45.1. The van der Waals surface area contributed by atoms with Gasteiger partial charge >= 0.3 is 12.1 Å². The lowest BCUT2D eigenvalue weighted by Gasteiger charge is -2.65. The SMILES string of the molecule is CC12CC3CC(C)(C1)CC(c1nnc4n1C(OC(=O)C(F)(F)F)CCC4)(C3)C2. The predicted octanol–water partition coefficient (Wildman–Crippen LogP) is 4.47. The molecule has 5 aliphatic rings. The Bertz CT molecular complexity index is 815. The Hall–Kier alpha value is -1.60. The number of alkyl halides is 3. The molecule has 3 unspecified atom stereocenters. The molecule has 4 saturated carbocycles. The summed E-state index contributed by atoms with van der Waals surface area (Å²) in [6.45, 7) is 4.69. The maximum Gasteiger partial charge on any atom is 0.491 e. The lowest BCUT2D eigenvalue weighted by atomic mass is 9.40. The number of nitrogens with zero attached hydrogens (tertiary/aromatic N) is 3. The summed E-state index contributed by atoms with van der Waals surface area (Å²) in [4.78, 5) is 11.5. The first-order valence-corrected chi connectivity index (χ1v) is 10.2. The molecule has 1 aromatic heterocycles. The van der Waals surface area contributed by atoms with E-state index in [4.69, 9.17) is 4.74 Å². The first kappa shape index (κ1) is 18.4. The summed E-state index contributed by atoms with van der Waals surface area (Å²) in [5.74, 6) is -0.107. The number of fused-ring (bicyclic) bond motifs is 1. The molecule has 8 heteroatoms. The average molecular weight is 397 g/mol. The zero-order chi connectivity index (χ0) is 19.9. The zero-order valence-corrected chi connectivity index (χ0v) is 16.3. The molecule has 154 valence electrons. The van der Waals surface area contributed by atoms with Crippen LogP contribution >= 0.6 is 0 Å². The first-order valence-electron chi connectivity index (χ1n) is 10.2. The van der Waals surface area contributed by atoms with Crippen molar-refractivity contribution in [2.45, 2.75) is 89.5 Å². The number of halogens is 3. The lowest BCUT2D eigenvalue weighted by molar-refractivity contribution is -0.210. The van der Waals surface area contributed by atoms with Gasteiger partial charge < -0.3 is 4.74 Å². The van der Waals surface area contributed by atoms with Crippen LogP contribution in [0, 0.1) is 16.7 Å². The van der Waals surface area contributed by atoms with Crippen LogP contribution in [0.25, 0.3) is 0 Å². The van der Waals surface area contributed by atoms with Crippen LogP contribution in [-0.2, 0) is 21.4 Å². The topological polar surface area (TPSA) is 57.0 Å². The van der Waals surface area contributed by atoms with Crippen LogP contribution in [0.1, 0.15) is 83.1 Å². The lowest BCUT2D eigenvalue weighted by Crippen LogP contribution is -2.57. The van der Waals surface area contributed by atoms with Crippen LogP contribution in [0.15, 0.2) is 0 Å². The van der Waals surface area contributed by atoms with Crippen molar-refractivity contribution in [3.63, 3.8) is 0 Å². The Labute approximate surface area is 162 Å². The highest BCUT2D eigenvalue weighted by molar-refractivity contribution is 5.75. The third-order valence-corrected chi connectivity index (χ3v) is 7.48. The third-order valence-electron chi connectivity index (χ3n) is 7.48. The fourth-order valence-electron chi connectivity index (χ4n) is 7.72. The van der Waals surface area contributed by atoms with Gasteiger partial charge in [-0.2, -0.15) is 13.2 Å². The molecule has 0 aromatic carbocycles. The van der Waals surface area contributed by atoms with Crippen molar-refractivity contribution >= 4 is 5.97 Å². The van der Waals surface area contributed by atoms with Gasteiger partial charge in [0.2, 0.25) is 0 Å². The van der Waals surface area contributed by atoms with Crippen molar-refractivity contribution in [1.29, 1.82) is 0 Å². The normalized spacial score (nSPS) is 41.8. The second-order valence-electron chi connectivity index (χ2n) is 10.5. The summed E-state index contributed by atoms with van der Waals surface area (Å²) >= 11 is 0. The number of aryl methyl sites for hydroxylation is 1. The van der Waals surface area contributed by atoms with Gasteiger partial charge in [-0.15, -0.1) is 10.2 Å². The molecule has 3 atom stereocenters. The Morgan fingerprint density at radius 3 is 2.39 bits per heavy atom. The van der Waals surface area contributed by atoms with Crippen LogP contribution < -0.4 is 0 Å². The molecular formula is C20H26F3N3O2. The van der Waals surface area contributed by atoms with Gasteiger partial charge in [-0.05, 0) is 61.7 Å². The second kappa shape index (κ2) is 5.51. The monoisotopic (exact) mass is 397 g/mol. The van der Waals surface area contributed by atoms with Gasteiger partial charge in [-0.1, -0.05) is 13.8 Å². The van der Waals surface area contributed by atoms with Crippen molar-refractivity contribution < 1.29 is 22.7 Å². The molecule has 0 N–H and O–H groups in total. The van der Waals surface area contributed by atoms with Gasteiger partial charge in [0.15, 0.2) is 6.23 Å². The van der Waals surface area contributed by atoms with Gasteiger partial charge in [0.1, 0.15) is 11.6 Å². The zero-order valence-electron chi connectivity index (χ0n) is 16.3. The van der Waals surface area contributed by atoms with E-state index in [-0.39, 0.29) is 16.2 Å². The Kier molecular flexibility index (Phi) is 3.63. The molecule has 28 heavy (non-hydrogen) atoms. The highest BCUT2D eigenvalue weighted by Crippen LogP contribution is 2.69. The van der Waals surface area contributed by atoms with Crippen LogP contribution in [0.4, 0.5) is 13.2 Å². The second-order valence-corrected chi connectivity index (χ2v) is 10.5. The third kappa shape index (κ3) is 2.70. The van der Waals surface area contributed by atoms with E-state index in [1.807, 2.05) is 0 Å². The van der Waals surface area contributed by atoms with Crippen LogP contribution in [0.2, 0.25) is 0 Å². The first-order chi connectivity index (χ1) is 13.0. The minimum atomic E-state index is -4.99. The number of hydrogen-bond donors (Lipinski definition) is 0. The molecule has 4 bridgehead atoms. The number of ether oxygens (including phenoxy) is 1. The molecule has 5 nitrogen and oxygen atoms in total. The molecule has 6 rings (SSSR count). The number of carbonyl (C=O) groups is 1. The standard InChI is InChI=1S/C20H26F3N3O2/c1-17-6-12-7-18(2,9-17)11-19(8-12,10-17)15-25-24-13-4-3-5-14(26(13)15)28-16(27)20(21,22)23/h12,14H,3-11H2,1-2H3. The summed E-state index contributed by atoms with van der Waals surface area (Å²) in [6, 6.07) is 0. The Morgan fingerprint density at radius 2 is 1.79 bits per heavy atom. The fraction of sp³-hybridized carbons (Fsp3) is 0.850. The van der Waals surface area contributed by atoms with Crippen molar-refractivity contribution in [1.82, 2.24) is 14.8 Å². The average Bonchev–Trinajstić information content (AvgIpc) is 2.96. The fourth-order valence-corrected chi connectivity index (χ4v) is 7.72. The van der Waals surface area contributed by atoms with E-state index in [0.717, 1.165) is 25.1 Å².